The summed E-state index contributed by atoms with van der Waals surface area (Å²) in [6.45, 7) is 2.43. The predicted octanol–water partition coefficient (Wildman–Crippen LogP) is 1.17. The third-order valence-corrected chi connectivity index (χ3v) is 4.60. The number of nitrogens with one attached hydrogen (secondary N) is 1. The van der Waals surface area contributed by atoms with Crippen molar-refractivity contribution in [1.29, 1.82) is 0 Å². The van der Waals surface area contributed by atoms with E-state index in [-0.39, 0.29) is 15.6 Å². The number of carbonyl (C=O) groups is 1. The van der Waals surface area contributed by atoms with Gasteiger partial charge in [-0.05, 0) is 30.5 Å². The maximum Gasteiger partial charge on any atom is 0.238 e. The molecule has 0 aliphatic carbocycles. The Bertz CT molecular complexity index is 528. The minimum absolute atomic E-state index is 0.0383. The van der Waals surface area contributed by atoms with E-state index in [1.54, 1.807) is 12.1 Å². The quantitative estimate of drug-likeness (QED) is 0.756. The molecule has 0 saturated heterocycles. The van der Waals surface area contributed by atoms with E-state index in [9.17, 15) is 13.2 Å². The van der Waals surface area contributed by atoms with Gasteiger partial charge in [-0.15, -0.1) is 0 Å². The number of hydrogen-bond acceptors (Lipinski definition) is 3. The van der Waals surface area contributed by atoms with Crippen molar-refractivity contribution in [3.8, 4) is 0 Å². The van der Waals surface area contributed by atoms with E-state index >= 15 is 0 Å². The Morgan fingerprint density at radius 3 is 2.42 bits per heavy atom. The van der Waals surface area contributed by atoms with E-state index < -0.39 is 10.0 Å². The van der Waals surface area contributed by atoms with Crippen LogP contribution in [0.25, 0.3) is 0 Å². The van der Waals surface area contributed by atoms with Crippen LogP contribution in [0, 0.1) is 0 Å². The average molecular weight is 349 g/mol. The number of primary sulfonamides is 1. The van der Waals surface area contributed by atoms with Gasteiger partial charge >= 0.3 is 0 Å². The highest BCUT2D eigenvalue weighted by molar-refractivity contribution is 9.10. The minimum Gasteiger partial charge on any atom is -0.355 e. The van der Waals surface area contributed by atoms with Crippen LogP contribution in [0.2, 0.25) is 0 Å². The van der Waals surface area contributed by atoms with Crippen molar-refractivity contribution in [1.82, 2.24) is 5.32 Å². The lowest BCUT2D eigenvalue weighted by Gasteiger charge is -2.08. The first-order chi connectivity index (χ1) is 8.84. The van der Waals surface area contributed by atoms with Crippen molar-refractivity contribution in [2.45, 2.75) is 29.5 Å². The average Bonchev–Trinajstić information content (AvgIpc) is 2.37. The van der Waals surface area contributed by atoms with Crippen molar-refractivity contribution in [2.24, 2.45) is 5.14 Å². The van der Waals surface area contributed by atoms with Gasteiger partial charge in [0.25, 0.3) is 0 Å². The zero-order valence-electron chi connectivity index (χ0n) is 10.6. The van der Waals surface area contributed by atoms with Crippen molar-refractivity contribution >= 4 is 31.9 Å². The number of benzene rings is 1. The molecule has 1 atom stereocenters. The van der Waals surface area contributed by atoms with Crippen molar-refractivity contribution in [3.05, 3.63) is 29.8 Å². The molecule has 0 heterocycles. The van der Waals surface area contributed by atoms with E-state index in [4.69, 9.17) is 5.14 Å². The maximum atomic E-state index is 11.5. The number of rotatable bonds is 6. The van der Waals surface area contributed by atoms with Crippen LogP contribution in [0.4, 0.5) is 0 Å². The van der Waals surface area contributed by atoms with E-state index in [0.29, 0.717) is 13.0 Å². The fraction of sp³-hybridized carbons (Fsp3) is 0.417. The number of amides is 1. The molecule has 7 heteroatoms. The first-order valence-electron chi connectivity index (χ1n) is 5.88. The summed E-state index contributed by atoms with van der Waals surface area (Å²) in [7, 11) is -3.64. The Labute approximate surface area is 121 Å². The van der Waals surface area contributed by atoms with Crippen molar-refractivity contribution in [3.63, 3.8) is 0 Å². The topological polar surface area (TPSA) is 89.3 Å². The van der Waals surface area contributed by atoms with Crippen LogP contribution in [0.5, 0.6) is 0 Å². The fourth-order valence-corrected chi connectivity index (χ4v) is 2.15. The lowest BCUT2D eigenvalue weighted by atomic mass is 10.1. The SMILES string of the molecule is CCC(Br)C(=O)NCCc1ccc(S(N)(=O)=O)cc1. The van der Waals surface area contributed by atoms with Crippen LogP contribution in [-0.2, 0) is 21.2 Å². The molecule has 0 aromatic heterocycles. The number of carbonyl (C=O) groups excluding carboxylic acids is 1. The van der Waals surface area contributed by atoms with Crippen LogP contribution in [0.15, 0.2) is 29.2 Å². The van der Waals surface area contributed by atoms with Gasteiger partial charge in [-0.3, -0.25) is 4.79 Å². The normalized spacial score (nSPS) is 13.0. The van der Waals surface area contributed by atoms with Gasteiger partial charge in [0.05, 0.1) is 9.72 Å². The van der Waals surface area contributed by atoms with Crippen molar-refractivity contribution in [2.75, 3.05) is 6.54 Å². The second-order valence-electron chi connectivity index (χ2n) is 4.11. The van der Waals surface area contributed by atoms with E-state index in [1.165, 1.54) is 12.1 Å². The number of nitrogens with two attached hydrogens (primary N) is 1. The summed E-state index contributed by atoms with van der Waals surface area (Å²) in [4.78, 5) is 11.4. The largest absolute Gasteiger partial charge is 0.355 e. The standard InChI is InChI=1S/C12H17BrN2O3S/c1-2-11(13)12(16)15-8-7-9-3-5-10(6-4-9)19(14,17)18/h3-6,11H,2,7-8H2,1H3,(H,15,16)(H2,14,17,18). The van der Waals surface area contributed by atoms with E-state index in [0.717, 1.165) is 12.0 Å². The molecule has 0 saturated carbocycles. The summed E-state index contributed by atoms with van der Waals surface area (Å²) in [6, 6.07) is 6.31. The first kappa shape index (κ1) is 16.1. The molecule has 0 aliphatic heterocycles. The van der Waals surface area contributed by atoms with Crippen molar-refractivity contribution < 1.29 is 13.2 Å². The number of hydrogen-bond donors (Lipinski definition) is 2. The summed E-state index contributed by atoms with van der Waals surface area (Å²) < 4.78 is 22.1. The Hall–Kier alpha value is -0.920. The second-order valence-corrected chi connectivity index (χ2v) is 6.77. The summed E-state index contributed by atoms with van der Waals surface area (Å²) in [5, 5.41) is 7.80. The minimum atomic E-state index is -3.64. The van der Waals surface area contributed by atoms with Crippen LogP contribution < -0.4 is 10.5 Å². The van der Waals surface area contributed by atoms with Crippen LogP contribution in [0.3, 0.4) is 0 Å². The molecule has 0 spiro atoms. The molecule has 19 heavy (non-hydrogen) atoms. The van der Waals surface area contributed by atoms with Gasteiger partial charge in [0.2, 0.25) is 15.9 Å². The lowest BCUT2D eigenvalue weighted by Crippen LogP contribution is -2.32. The molecule has 1 amide bonds. The molecule has 0 fully saturated rings. The zero-order valence-corrected chi connectivity index (χ0v) is 13.0. The Morgan fingerprint density at radius 2 is 1.95 bits per heavy atom. The van der Waals surface area contributed by atoms with Gasteiger partial charge in [0.1, 0.15) is 0 Å². The summed E-state index contributed by atoms with van der Waals surface area (Å²) >= 11 is 3.27. The lowest BCUT2D eigenvalue weighted by molar-refractivity contribution is -0.120. The fourth-order valence-electron chi connectivity index (χ4n) is 1.47. The molecule has 3 N–H and O–H groups in total. The van der Waals surface area contributed by atoms with Crippen LogP contribution >= 0.6 is 15.9 Å². The molecule has 1 aromatic carbocycles. The Kier molecular flexibility index (Phi) is 5.96. The third-order valence-electron chi connectivity index (χ3n) is 2.61. The first-order valence-corrected chi connectivity index (χ1v) is 8.34. The summed E-state index contributed by atoms with van der Waals surface area (Å²) in [5.41, 5.74) is 0.940. The van der Waals surface area contributed by atoms with E-state index in [1.807, 2.05) is 6.92 Å². The molecule has 5 nitrogen and oxygen atoms in total. The van der Waals surface area contributed by atoms with Gasteiger partial charge in [0.15, 0.2) is 0 Å². The third kappa shape index (κ3) is 5.30. The predicted molar refractivity (Wildman–Crippen MR) is 77.5 cm³/mol. The Morgan fingerprint density at radius 1 is 1.37 bits per heavy atom. The Balaban J connectivity index is 2.49. The monoisotopic (exact) mass is 348 g/mol. The zero-order chi connectivity index (χ0) is 14.5. The smallest absolute Gasteiger partial charge is 0.238 e. The van der Waals surface area contributed by atoms with Crippen LogP contribution in [-0.4, -0.2) is 25.7 Å². The van der Waals surface area contributed by atoms with Gasteiger partial charge in [-0.2, -0.15) is 0 Å². The van der Waals surface area contributed by atoms with Gasteiger partial charge in [0, 0.05) is 6.54 Å². The summed E-state index contributed by atoms with van der Waals surface area (Å²) in [6.07, 6.45) is 1.37. The van der Waals surface area contributed by atoms with E-state index in [2.05, 4.69) is 21.2 Å². The number of alkyl halides is 1. The highest BCUT2D eigenvalue weighted by Gasteiger charge is 2.11. The van der Waals surface area contributed by atoms with Gasteiger partial charge in [-0.25, -0.2) is 13.6 Å². The molecule has 0 radical (unpaired) electrons. The van der Waals surface area contributed by atoms with Gasteiger partial charge in [-0.1, -0.05) is 35.0 Å². The highest BCUT2D eigenvalue weighted by atomic mass is 79.9. The molecule has 1 rings (SSSR count). The molecular formula is C12H17BrN2O3S. The molecule has 0 aliphatic rings. The molecule has 0 bridgehead atoms. The summed E-state index contributed by atoms with van der Waals surface area (Å²) in [5.74, 6) is -0.0383. The molecule has 1 aromatic rings. The number of sulfonamides is 1. The van der Waals surface area contributed by atoms with Crippen LogP contribution in [0.1, 0.15) is 18.9 Å². The molecule has 1 unspecified atom stereocenters. The maximum absolute atomic E-state index is 11.5. The van der Waals surface area contributed by atoms with Gasteiger partial charge < -0.3 is 5.32 Å². The highest BCUT2D eigenvalue weighted by Crippen LogP contribution is 2.09. The number of halogens is 1. The second kappa shape index (κ2) is 7.02. The molecular weight excluding hydrogens is 332 g/mol. The molecule has 106 valence electrons.